The van der Waals surface area contributed by atoms with Crippen molar-refractivity contribution in [1.29, 1.82) is 0 Å². The van der Waals surface area contributed by atoms with E-state index in [0.717, 1.165) is 56.6 Å². The minimum atomic E-state index is -3.96. The van der Waals surface area contributed by atoms with Crippen LogP contribution in [0.2, 0.25) is 0 Å². The van der Waals surface area contributed by atoms with Crippen molar-refractivity contribution in [3.63, 3.8) is 0 Å². The first-order valence-corrected chi connectivity index (χ1v) is 18.3. The van der Waals surface area contributed by atoms with Crippen molar-refractivity contribution in [3.8, 4) is 0 Å². The van der Waals surface area contributed by atoms with Gasteiger partial charge in [-0.15, -0.1) is 0 Å². The maximum absolute atomic E-state index is 7.41. The largest absolute Gasteiger partial charge is 0.603 e. The van der Waals surface area contributed by atoms with Gasteiger partial charge >= 0.3 is 8.88 Å². The minimum absolute atomic E-state index is 0.183. The molecule has 6 bridgehead atoms. The summed E-state index contributed by atoms with van der Waals surface area (Å²) in [6.45, 7) is 4.27. The molecule has 6 heterocycles. The van der Waals surface area contributed by atoms with E-state index in [2.05, 4.69) is 46.6 Å². The molecule has 0 amide bonds. The van der Waals surface area contributed by atoms with Gasteiger partial charge in [-0.25, -0.2) is 30.0 Å². The summed E-state index contributed by atoms with van der Waals surface area (Å²) in [5.41, 5.74) is 4.94. The third kappa shape index (κ3) is 3.88. The summed E-state index contributed by atoms with van der Waals surface area (Å²) in [5.74, 6) is 3.60. The minimum Gasteiger partial charge on any atom is -0.364 e. The molecule has 238 valence electrons. The Bertz CT molecular complexity index is 2520. The van der Waals surface area contributed by atoms with Crippen LogP contribution in [0.15, 0.2) is 127 Å². The molecule has 0 radical (unpaired) electrons. The summed E-state index contributed by atoms with van der Waals surface area (Å²) in [5, 5.41) is 3.61. The first-order chi connectivity index (χ1) is 24.1. The van der Waals surface area contributed by atoms with E-state index in [0.29, 0.717) is 46.0 Å². The van der Waals surface area contributed by atoms with Gasteiger partial charge in [-0.1, -0.05) is 110 Å². The first-order valence-electron chi connectivity index (χ1n) is 16.6. The third-order valence-electron chi connectivity index (χ3n) is 9.63. The Hall–Kier alpha value is -5.62. The van der Waals surface area contributed by atoms with Gasteiger partial charge in [-0.2, -0.15) is 0 Å². The van der Waals surface area contributed by atoms with Crippen LogP contribution in [0.4, 0.5) is 11.6 Å². The highest BCUT2D eigenvalue weighted by Crippen LogP contribution is 2.43. The molecule has 4 aliphatic heterocycles. The molecule has 0 saturated heterocycles. The van der Waals surface area contributed by atoms with E-state index in [1.165, 1.54) is 0 Å². The molecule has 2 unspecified atom stereocenters. The predicted molar refractivity (Wildman–Crippen MR) is 194 cm³/mol. The lowest BCUT2D eigenvalue weighted by molar-refractivity contribution is 0.117. The summed E-state index contributed by atoms with van der Waals surface area (Å²) >= 11 is 0. The fourth-order valence-corrected chi connectivity index (χ4v) is 10.8. The van der Waals surface area contributed by atoms with Gasteiger partial charge in [0.15, 0.2) is 23.3 Å². The van der Waals surface area contributed by atoms with Gasteiger partial charge in [-0.3, -0.25) is 8.47 Å². The molecular formula is C38H30N8O2Si. The van der Waals surface area contributed by atoms with Crippen LogP contribution in [-0.4, -0.2) is 53.9 Å². The monoisotopic (exact) mass is 658 g/mol. The second-order valence-electron chi connectivity index (χ2n) is 12.6. The summed E-state index contributed by atoms with van der Waals surface area (Å²) in [4.78, 5) is 31.8. The van der Waals surface area contributed by atoms with Gasteiger partial charge in [0, 0.05) is 57.0 Å². The molecule has 0 saturated carbocycles. The highest BCUT2D eigenvalue weighted by atomic mass is 28.4. The van der Waals surface area contributed by atoms with Crippen LogP contribution in [0.1, 0.15) is 48.9 Å². The SMILES string of the molecule is CCCC(C)O[Si]1(OC)n2c3c4ccccc4c2/N=C2N=C(/N=c4/c5ccccc5/c(n41)=N/C1=NC(=N\3)/c3ccccc31)c1ccccc1\2. The molecule has 11 heteroatoms. The fraction of sp³-hybridized carbons (Fsp3) is 0.158. The normalized spacial score (nSPS) is 22.3. The van der Waals surface area contributed by atoms with Crippen molar-refractivity contribution in [2.45, 2.75) is 32.8 Å². The maximum atomic E-state index is 7.41. The molecule has 0 spiro atoms. The molecule has 0 N–H and O–H groups in total. The Morgan fingerprint density at radius 3 is 1.39 bits per heavy atom. The zero-order valence-electron chi connectivity index (χ0n) is 27.1. The van der Waals surface area contributed by atoms with Gasteiger partial charge in [0.1, 0.15) is 22.6 Å². The second-order valence-corrected chi connectivity index (χ2v) is 15.2. The van der Waals surface area contributed by atoms with Gasteiger partial charge < -0.3 is 8.85 Å². The van der Waals surface area contributed by atoms with E-state index in [1.807, 2.05) is 72.8 Å². The second kappa shape index (κ2) is 10.4. The van der Waals surface area contributed by atoms with E-state index < -0.39 is 8.88 Å². The number of aliphatic imine (C=N–C) groups is 4. The van der Waals surface area contributed by atoms with Gasteiger partial charge in [-0.05, 0) is 13.3 Å². The van der Waals surface area contributed by atoms with Gasteiger partial charge in [0.2, 0.25) is 0 Å². The van der Waals surface area contributed by atoms with Crippen LogP contribution in [0.5, 0.6) is 0 Å². The summed E-state index contributed by atoms with van der Waals surface area (Å²) in [6, 6.07) is 32.7. The van der Waals surface area contributed by atoms with Crippen LogP contribution in [0.3, 0.4) is 0 Å². The topological polar surface area (TPSA) is 102 Å². The number of hydrogen-bond acceptors (Lipinski definition) is 8. The number of rotatable bonds is 5. The van der Waals surface area contributed by atoms with Crippen molar-refractivity contribution in [2.24, 2.45) is 30.0 Å². The Balaban J connectivity index is 1.52. The highest BCUT2D eigenvalue weighted by Gasteiger charge is 2.53. The Morgan fingerprint density at radius 1 is 0.551 bits per heavy atom. The molecule has 6 aromatic rings. The molecule has 10 nitrogen and oxygen atoms in total. The van der Waals surface area contributed by atoms with Crippen molar-refractivity contribution in [3.05, 3.63) is 130 Å². The lowest BCUT2D eigenvalue weighted by Crippen LogP contribution is -2.64. The average molecular weight is 659 g/mol. The van der Waals surface area contributed by atoms with Crippen LogP contribution in [0, 0.1) is 0 Å². The molecule has 0 aliphatic carbocycles. The maximum Gasteiger partial charge on any atom is 0.603 e. The van der Waals surface area contributed by atoms with E-state index >= 15 is 0 Å². The number of amidine groups is 4. The summed E-state index contributed by atoms with van der Waals surface area (Å²) < 4.78 is 18.5. The quantitative estimate of drug-likeness (QED) is 0.205. The number of aromatic nitrogens is 2. The zero-order valence-corrected chi connectivity index (χ0v) is 28.1. The van der Waals surface area contributed by atoms with E-state index in [-0.39, 0.29) is 6.10 Å². The molecule has 49 heavy (non-hydrogen) atoms. The molecule has 2 atom stereocenters. The average Bonchev–Trinajstić information content (AvgIpc) is 3.84. The fourth-order valence-electron chi connectivity index (χ4n) is 7.50. The number of fused-ring (bicyclic) bond motifs is 14. The van der Waals surface area contributed by atoms with Crippen LogP contribution >= 0.6 is 0 Å². The molecule has 4 aromatic carbocycles. The third-order valence-corrected chi connectivity index (χ3v) is 12.9. The van der Waals surface area contributed by atoms with Crippen molar-refractivity contribution >= 4 is 65.4 Å². The number of benzene rings is 4. The van der Waals surface area contributed by atoms with E-state index in [4.69, 9.17) is 38.8 Å². The van der Waals surface area contributed by atoms with E-state index in [9.17, 15) is 0 Å². The Morgan fingerprint density at radius 2 is 0.959 bits per heavy atom. The van der Waals surface area contributed by atoms with Crippen LogP contribution < -0.4 is 11.0 Å². The van der Waals surface area contributed by atoms with E-state index in [1.54, 1.807) is 7.11 Å². The smallest absolute Gasteiger partial charge is 0.364 e. The number of hydrogen-bond donors (Lipinski definition) is 0. The van der Waals surface area contributed by atoms with Gasteiger partial charge in [0.25, 0.3) is 0 Å². The molecule has 10 rings (SSSR count). The van der Waals surface area contributed by atoms with Gasteiger partial charge in [0.05, 0.1) is 0 Å². The Labute approximate surface area is 282 Å². The van der Waals surface area contributed by atoms with Crippen LogP contribution in [0.25, 0.3) is 21.5 Å². The zero-order chi connectivity index (χ0) is 32.9. The summed E-state index contributed by atoms with van der Waals surface area (Å²) in [7, 11) is -2.24. The predicted octanol–water partition coefficient (Wildman–Crippen LogP) is 6.22. The van der Waals surface area contributed by atoms with Crippen molar-refractivity contribution in [2.75, 3.05) is 7.11 Å². The molecule has 0 fully saturated rings. The molecular weight excluding hydrogens is 629 g/mol. The highest BCUT2D eigenvalue weighted by molar-refractivity contribution is 6.66. The number of nitrogens with zero attached hydrogens (tertiary/aromatic N) is 8. The standard InChI is InChI=1S/C38H30N8O2Si/c1-4-13-22(2)48-49(47-3)45-35-27-18-9-10-19-28(27)37(45)43-33-25-16-7-8-17-26(25)34(40-33)44-38-30-21-12-11-20-29(30)36(46(38)49)42-32-24-15-6-5-14-23(24)31(39-32)41-35/h5-12,14-22H,4,13H2,1-3H3/b41-31-,41-35?,42-32?,42-36-,43-33-,43-37?,44-34?,44-38-. The van der Waals surface area contributed by atoms with Crippen molar-refractivity contribution in [1.82, 2.24) is 8.47 Å². The molecule has 2 aromatic heterocycles. The summed E-state index contributed by atoms with van der Waals surface area (Å²) in [6.07, 6.45) is 1.58. The lowest BCUT2D eigenvalue weighted by atomic mass is 10.1. The molecule has 4 aliphatic rings. The lowest BCUT2D eigenvalue weighted by Gasteiger charge is -2.34. The van der Waals surface area contributed by atoms with Crippen molar-refractivity contribution < 1.29 is 8.85 Å². The Kier molecular flexibility index (Phi) is 6.05. The van der Waals surface area contributed by atoms with Crippen LogP contribution in [-0.2, 0) is 8.85 Å². The first kappa shape index (κ1) is 28.4.